The van der Waals surface area contributed by atoms with Gasteiger partial charge in [0.25, 0.3) is 11.8 Å². The highest BCUT2D eigenvalue weighted by molar-refractivity contribution is 7.09. The number of thiophene rings is 1. The molecule has 4 rings (SSSR count). The third kappa shape index (κ3) is 6.12. The lowest BCUT2D eigenvalue weighted by molar-refractivity contribution is -0.137. The number of methoxy groups -OCH3 is 2. The van der Waals surface area contributed by atoms with Crippen LogP contribution in [0.25, 0.3) is 0 Å². The fraction of sp³-hybridized carbons (Fsp3) is 0.308. The van der Waals surface area contributed by atoms with Crippen LogP contribution < -0.4 is 19.1 Å². The third-order valence-electron chi connectivity index (χ3n) is 5.65. The van der Waals surface area contributed by atoms with Crippen molar-refractivity contribution in [2.45, 2.75) is 6.54 Å². The van der Waals surface area contributed by atoms with Gasteiger partial charge in [0.05, 0.1) is 34.0 Å². The fourth-order valence-corrected chi connectivity index (χ4v) is 4.41. The first kappa shape index (κ1) is 24.6. The number of carbonyl (C=O) groups is 2. The van der Waals surface area contributed by atoms with E-state index in [1.165, 1.54) is 7.11 Å². The van der Waals surface area contributed by atoms with Crippen molar-refractivity contribution in [3.63, 3.8) is 0 Å². The SMILES string of the molecule is COc1ccc(N(Cc2cccs2)C(=O)c2ccc(OCC(=O)N3CCOCC3)c(OC)c2)cc1. The molecule has 0 unspecified atom stereocenters. The number of amides is 2. The summed E-state index contributed by atoms with van der Waals surface area (Å²) in [5, 5.41) is 1.99. The molecule has 1 saturated heterocycles. The zero-order chi connectivity index (χ0) is 24.6. The largest absolute Gasteiger partial charge is 0.497 e. The Morgan fingerprint density at radius 1 is 1.00 bits per heavy atom. The first-order chi connectivity index (χ1) is 17.1. The van der Waals surface area contributed by atoms with Crippen molar-refractivity contribution >= 4 is 28.8 Å². The summed E-state index contributed by atoms with van der Waals surface area (Å²) < 4.78 is 21.8. The lowest BCUT2D eigenvalue weighted by Gasteiger charge is -2.27. The van der Waals surface area contributed by atoms with Gasteiger partial charge in [-0.2, -0.15) is 0 Å². The second-order valence-corrected chi connectivity index (χ2v) is 8.85. The molecule has 35 heavy (non-hydrogen) atoms. The first-order valence-corrected chi connectivity index (χ1v) is 12.1. The van der Waals surface area contributed by atoms with Crippen molar-refractivity contribution in [3.05, 3.63) is 70.4 Å². The second kappa shape index (κ2) is 11.7. The molecule has 8 nitrogen and oxygen atoms in total. The molecule has 0 saturated carbocycles. The van der Waals surface area contributed by atoms with Crippen LogP contribution in [0.5, 0.6) is 17.2 Å². The molecule has 0 atom stereocenters. The van der Waals surface area contributed by atoms with Crippen molar-refractivity contribution < 1.29 is 28.5 Å². The first-order valence-electron chi connectivity index (χ1n) is 11.2. The highest BCUT2D eigenvalue weighted by atomic mass is 32.1. The van der Waals surface area contributed by atoms with E-state index in [1.54, 1.807) is 46.4 Å². The Morgan fingerprint density at radius 2 is 1.77 bits per heavy atom. The number of benzene rings is 2. The van der Waals surface area contributed by atoms with Crippen molar-refractivity contribution in [1.82, 2.24) is 4.90 Å². The quantitative estimate of drug-likeness (QED) is 0.448. The molecular formula is C26H28N2O6S. The Morgan fingerprint density at radius 3 is 2.43 bits per heavy atom. The summed E-state index contributed by atoms with van der Waals surface area (Å²) >= 11 is 1.59. The van der Waals surface area contributed by atoms with Gasteiger partial charge in [0.15, 0.2) is 18.1 Å². The summed E-state index contributed by atoms with van der Waals surface area (Å²) in [6.45, 7) is 2.48. The maximum Gasteiger partial charge on any atom is 0.260 e. The van der Waals surface area contributed by atoms with Crippen LogP contribution in [0, 0.1) is 0 Å². The molecule has 2 heterocycles. The van der Waals surface area contributed by atoms with E-state index in [-0.39, 0.29) is 18.4 Å². The summed E-state index contributed by atoms with van der Waals surface area (Å²) in [5.74, 6) is 1.21. The molecule has 0 bridgehead atoms. The van der Waals surface area contributed by atoms with Crippen LogP contribution >= 0.6 is 11.3 Å². The van der Waals surface area contributed by atoms with Crippen LogP contribution in [-0.4, -0.2) is 63.8 Å². The lowest BCUT2D eigenvalue weighted by Crippen LogP contribution is -2.43. The van der Waals surface area contributed by atoms with Gasteiger partial charge in [0, 0.05) is 29.2 Å². The van der Waals surface area contributed by atoms with Crippen LogP contribution in [-0.2, 0) is 16.1 Å². The van der Waals surface area contributed by atoms with Gasteiger partial charge in [-0.25, -0.2) is 0 Å². The molecule has 2 amide bonds. The van der Waals surface area contributed by atoms with Gasteiger partial charge >= 0.3 is 0 Å². The van der Waals surface area contributed by atoms with Crippen molar-refractivity contribution in [1.29, 1.82) is 0 Å². The third-order valence-corrected chi connectivity index (χ3v) is 6.51. The Labute approximate surface area is 208 Å². The van der Waals surface area contributed by atoms with Crippen molar-refractivity contribution in [2.75, 3.05) is 52.0 Å². The lowest BCUT2D eigenvalue weighted by atomic mass is 10.1. The average Bonchev–Trinajstić information content (AvgIpc) is 3.44. The molecule has 2 aromatic carbocycles. The number of hydrogen-bond acceptors (Lipinski definition) is 7. The molecule has 1 aliphatic rings. The van der Waals surface area contributed by atoms with Crippen LogP contribution in [0.3, 0.4) is 0 Å². The number of ether oxygens (including phenoxy) is 4. The van der Waals surface area contributed by atoms with Gasteiger partial charge in [-0.15, -0.1) is 11.3 Å². The van der Waals surface area contributed by atoms with E-state index in [0.29, 0.717) is 55.7 Å². The summed E-state index contributed by atoms with van der Waals surface area (Å²) in [5.41, 5.74) is 1.20. The minimum absolute atomic E-state index is 0.111. The van der Waals surface area contributed by atoms with Gasteiger partial charge < -0.3 is 28.7 Å². The molecular weight excluding hydrogens is 468 g/mol. The summed E-state index contributed by atoms with van der Waals surface area (Å²) in [7, 11) is 3.11. The molecule has 0 aliphatic carbocycles. The zero-order valence-electron chi connectivity index (χ0n) is 19.8. The summed E-state index contributed by atoms with van der Waals surface area (Å²) in [6.07, 6.45) is 0. The average molecular weight is 497 g/mol. The Balaban J connectivity index is 1.52. The predicted octanol–water partition coefficient (Wildman–Crippen LogP) is 3.85. The van der Waals surface area contributed by atoms with Crippen LogP contribution in [0.1, 0.15) is 15.2 Å². The topological polar surface area (TPSA) is 77.5 Å². The van der Waals surface area contributed by atoms with E-state index in [9.17, 15) is 9.59 Å². The molecule has 1 fully saturated rings. The Hall–Kier alpha value is -3.56. The zero-order valence-corrected chi connectivity index (χ0v) is 20.6. The van der Waals surface area contributed by atoms with Gasteiger partial charge in [-0.3, -0.25) is 9.59 Å². The standard InChI is InChI=1S/C26H28N2O6S/c1-31-21-8-6-20(7-9-21)28(17-22-4-3-15-35-22)26(30)19-5-10-23(24(16-19)32-2)34-18-25(29)27-11-13-33-14-12-27/h3-10,15-16H,11-14,17-18H2,1-2H3. The van der Waals surface area contributed by atoms with Gasteiger partial charge in [-0.1, -0.05) is 6.07 Å². The smallest absolute Gasteiger partial charge is 0.260 e. The number of hydrogen-bond donors (Lipinski definition) is 0. The fourth-order valence-electron chi connectivity index (χ4n) is 3.72. The number of rotatable bonds is 9. The monoisotopic (exact) mass is 496 g/mol. The van der Waals surface area contributed by atoms with E-state index >= 15 is 0 Å². The molecule has 3 aromatic rings. The number of nitrogens with zero attached hydrogens (tertiary/aromatic N) is 2. The van der Waals surface area contributed by atoms with Gasteiger partial charge in [-0.05, 0) is 53.9 Å². The highest BCUT2D eigenvalue weighted by Gasteiger charge is 2.22. The molecule has 9 heteroatoms. The normalized spacial score (nSPS) is 13.3. The summed E-state index contributed by atoms with van der Waals surface area (Å²) in [4.78, 5) is 30.5. The van der Waals surface area contributed by atoms with Crippen LogP contribution in [0.4, 0.5) is 5.69 Å². The Bertz CT molecular complexity index is 1130. The number of anilines is 1. The van der Waals surface area contributed by atoms with E-state index in [4.69, 9.17) is 18.9 Å². The highest BCUT2D eigenvalue weighted by Crippen LogP contribution is 2.30. The molecule has 1 aliphatic heterocycles. The van der Waals surface area contributed by atoms with E-state index in [0.717, 1.165) is 10.6 Å². The van der Waals surface area contributed by atoms with E-state index in [1.807, 2.05) is 41.8 Å². The van der Waals surface area contributed by atoms with E-state index in [2.05, 4.69) is 0 Å². The molecule has 0 spiro atoms. The maximum absolute atomic E-state index is 13.6. The molecule has 184 valence electrons. The van der Waals surface area contributed by atoms with Crippen LogP contribution in [0.2, 0.25) is 0 Å². The van der Waals surface area contributed by atoms with Crippen molar-refractivity contribution in [3.8, 4) is 17.2 Å². The molecule has 1 aromatic heterocycles. The number of carbonyl (C=O) groups excluding carboxylic acids is 2. The predicted molar refractivity (Wildman–Crippen MR) is 134 cm³/mol. The molecule has 0 N–H and O–H groups in total. The van der Waals surface area contributed by atoms with Crippen LogP contribution in [0.15, 0.2) is 60.0 Å². The van der Waals surface area contributed by atoms with Gasteiger partial charge in [0.2, 0.25) is 0 Å². The Kier molecular flexibility index (Phi) is 8.23. The maximum atomic E-state index is 13.6. The minimum atomic E-state index is -0.183. The number of morpholine rings is 1. The van der Waals surface area contributed by atoms with E-state index < -0.39 is 0 Å². The van der Waals surface area contributed by atoms with Crippen molar-refractivity contribution in [2.24, 2.45) is 0 Å². The second-order valence-electron chi connectivity index (χ2n) is 7.82. The summed E-state index contributed by atoms with van der Waals surface area (Å²) in [6, 6.07) is 16.3. The van der Waals surface area contributed by atoms with Gasteiger partial charge in [0.1, 0.15) is 5.75 Å². The molecule has 0 radical (unpaired) electrons. The minimum Gasteiger partial charge on any atom is -0.497 e.